The SMILES string of the molecule is Cc1csc(C(O)Cc2ccc([N+](=O)[O-])cc2)c1Cl. The summed E-state index contributed by atoms with van der Waals surface area (Å²) in [6, 6.07) is 6.16. The lowest BCUT2D eigenvalue weighted by molar-refractivity contribution is -0.384. The van der Waals surface area contributed by atoms with Crippen molar-refractivity contribution >= 4 is 28.6 Å². The van der Waals surface area contributed by atoms with Crippen molar-refractivity contribution in [3.63, 3.8) is 0 Å². The maximum absolute atomic E-state index is 10.5. The van der Waals surface area contributed by atoms with Crippen LogP contribution in [-0.4, -0.2) is 10.0 Å². The lowest BCUT2D eigenvalue weighted by Gasteiger charge is -2.09. The van der Waals surface area contributed by atoms with Gasteiger partial charge in [0, 0.05) is 18.6 Å². The van der Waals surface area contributed by atoms with Gasteiger partial charge in [0.15, 0.2) is 0 Å². The van der Waals surface area contributed by atoms with E-state index in [-0.39, 0.29) is 5.69 Å². The van der Waals surface area contributed by atoms with E-state index >= 15 is 0 Å². The van der Waals surface area contributed by atoms with E-state index in [4.69, 9.17) is 11.6 Å². The summed E-state index contributed by atoms with van der Waals surface area (Å²) in [5.41, 5.74) is 1.83. The molecule has 100 valence electrons. The summed E-state index contributed by atoms with van der Waals surface area (Å²) >= 11 is 7.52. The lowest BCUT2D eigenvalue weighted by Crippen LogP contribution is -2.00. The van der Waals surface area contributed by atoms with Crippen molar-refractivity contribution in [2.75, 3.05) is 0 Å². The second-order valence-corrected chi connectivity index (χ2v) is 5.53. The average molecular weight is 298 g/mol. The topological polar surface area (TPSA) is 63.4 Å². The molecule has 4 nitrogen and oxygen atoms in total. The first-order valence-electron chi connectivity index (χ1n) is 5.64. The maximum atomic E-state index is 10.5. The Morgan fingerprint density at radius 1 is 1.42 bits per heavy atom. The Balaban J connectivity index is 2.12. The van der Waals surface area contributed by atoms with Crippen LogP contribution in [0.5, 0.6) is 0 Å². The zero-order valence-electron chi connectivity index (χ0n) is 10.2. The van der Waals surface area contributed by atoms with Crippen LogP contribution in [0, 0.1) is 17.0 Å². The van der Waals surface area contributed by atoms with Crippen LogP contribution in [-0.2, 0) is 6.42 Å². The lowest BCUT2D eigenvalue weighted by atomic mass is 10.1. The van der Waals surface area contributed by atoms with Crippen LogP contribution in [0.3, 0.4) is 0 Å². The quantitative estimate of drug-likeness (QED) is 0.688. The smallest absolute Gasteiger partial charge is 0.269 e. The van der Waals surface area contributed by atoms with Crippen molar-refractivity contribution in [3.8, 4) is 0 Å². The maximum Gasteiger partial charge on any atom is 0.269 e. The van der Waals surface area contributed by atoms with Gasteiger partial charge in [-0.05, 0) is 23.4 Å². The second kappa shape index (κ2) is 5.69. The molecule has 1 heterocycles. The molecular weight excluding hydrogens is 286 g/mol. The number of nitro groups is 1. The molecule has 1 aromatic heterocycles. The molecule has 0 saturated heterocycles. The fourth-order valence-corrected chi connectivity index (χ4v) is 3.05. The third-order valence-electron chi connectivity index (χ3n) is 2.80. The van der Waals surface area contributed by atoms with Gasteiger partial charge in [-0.2, -0.15) is 0 Å². The van der Waals surface area contributed by atoms with Crippen LogP contribution in [0.15, 0.2) is 29.6 Å². The van der Waals surface area contributed by atoms with Crippen molar-refractivity contribution in [1.29, 1.82) is 0 Å². The number of thiophene rings is 1. The number of aliphatic hydroxyl groups excluding tert-OH is 1. The summed E-state index contributed by atoms with van der Waals surface area (Å²) in [4.78, 5) is 10.8. The van der Waals surface area contributed by atoms with Crippen molar-refractivity contribution in [2.45, 2.75) is 19.4 Å². The van der Waals surface area contributed by atoms with Crippen LogP contribution >= 0.6 is 22.9 Å². The first kappa shape index (κ1) is 14.0. The minimum absolute atomic E-state index is 0.0447. The monoisotopic (exact) mass is 297 g/mol. The highest BCUT2D eigenvalue weighted by atomic mass is 35.5. The number of nitrogens with zero attached hydrogens (tertiary/aromatic N) is 1. The minimum atomic E-state index is -0.687. The number of aryl methyl sites for hydroxylation is 1. The number of hydrogen-bond donors (Lipinski definition) is 1. The number of aliphatic hydroxyl groups is 1. The molecule has 1 unspecified atom stereocenters. The number of hydrogen-bond acceptors (Lipinski definition) is 4. The Bertz CT molecular complexity index is 594. The number of non-ortho nitro benzene ring substituents is 1. The fraction of sp³-hybridized carbons (Fsp3) is 0.231. The molecule has 2 rings (SSSR count). The van der Waals surface area contributed by atoms with Gasteiger partial charge in [0.1, 0.15) is 0 Å². The Morgan fingerprint density at radius 2 is 2.05 bits per heavy atom. The van der Waals surface area contributed by atoms with E-state index in [2.05, 4.69) is 0 Å². The van der Waals surface area contributed by atoms with E-state index in [0.717, 1.165) is 16.0 Å². The van der Waals surface area contributed by atoms with E-state index in [0.29, 0.717) is 11.4 Å². The highest BCUT2D eigenvalue weighted by molar-refractivity contribution is 7.10. The predicted molar refractivity (Wildman–Crippen MR) is 75.8 cm³/mol. The van der Waals surface area contributed by atoms with Gasteiger partial charge in [0.25, 0.3) is 5.69 Å². The molecule has 2 aromatic rings. The summed E-state index contributed by atoms with van der Waals surface area (Å²) in [5, 5.41) is 23.2. The van der Waals surface area contributed by atoms with E-state index in [1.807, 2.05) is 12.3 Å². The first-order valence-corrected chi connectivity index (χ1v) is 6.89. The molecule has 0 aliphatic carbocycles. The first-order chi connectivity index (χ1) is 8.99. The molecule has 0 aliphatic rings. The number of halogens is 1. The predicted octanol–water partition coefficient (Wildman–Crippen LogP) is 3.89. The molecule has 1 atom stereocenters. The largest absolute Gasteiger partial charge is 0.387 e. The molecule has 6 heteroatoms. The normalized spacial score (nSPS) is 12.4. The van der Waals surface area contributed by atoms with Gasteiger partial charge in [-0.25, -0.2) is 0 Å². The van der Waals surface area contributed by atoms with Gasteiger partial charge in [-0.1, -0.05) is 23.7 Å². The molecule has 1 N–H and O–H groups in total. The Morgan fingerprint density at radius 3 is 2.53 bits per heavy atom. The third-order valence-corrected chi connectivity index (χ3v) is 4.62. The summed E-state index contributed by atoms with van der Waals surface area (Å²) in [7, 11) is 0. The van der Waals surface area contributed by atoms with E-state index in [9.17, 15) is 15.2 Å². The molecule has 0 saturated carbocycles. The summed E-state index contributed by atoms with van der Waals surface area (Å²) < 4.78 is 0. The molecule has 0 radical (unpaired) electrons. The van der Waals surface area contributed by atoms with Crippen LogP contribution < -0.4 is 0 Å². The molecule has 1 aromatic carbocycles. The molecule has 19 heavy (non-hydrogen) atoms. The average Bonchev–Trinajstić information content (AvgIpc) is 2.70. The van der Waals surface area contributed by atoms with Crippen LogP contribution in [0.4, 0.5) is 5.69 Å². The summed E-state index contributed by atoms with van der Waals surface area (Å²) in [6.07, 6.45) is -0.301. The standard InChI is InChI=1S/C13H12ClNO3S/c1-8-7-19-13(12(8)14)11(16)6-9-2-4-10(5-3-9)15(17)18/h2-5,7,11,16H,6H2,1H3. The molecule has 0 amide bonds. The van der Waals surface area contributed by atoms with Gasteiger partial charge >= 0.3 is 0 Å². The molecule has 0 bridgehead atoms. The van der Waals surface area contributed by atoms with E-state index in [1.165, 1.54) is 23.5 Å². The summed E-state index contributed by atoms with van der Waals surface area (Å²) in [5.74, 6) is 0. The molecule has 0 spiro atoms. The number of rotatable bonds is 4. The third kappa shape index (κ3) is 3.12. The molecular formula is C13H12ClNO3S. The number of benzene rings is 1. The van der Waals surface area contributed by atoms with Crippen molar-refractivity contribution < 1.29 is 10.0 Å². The molecule has 0 aliphatic heterocycles. The Hall–Kier alpha value is -1.43. The Kier molecular flexibility index (Phi) is 4.19. The van der Waals surface area contributed by atoms with Gasteiger partial charge in [0.05, 0.1) is 20.9 Å². The zero-order chi connectivity index (χ0) is 14.0. The van der Waals surface area contributed by atoms with E-state index in [1.54, 1.807) is 12.1 Å². The highest BCUT2D eigenvalue weighted by Gasteiger charge is 2.16. The van der Waals surface area contributed by atoms with Gasteiger partial charge in [0.2, 0.25) is 0 Å². The van der Waals surface area contributed by atoms with Crippen molar-refractivity contribution in [3.05, 3.63) is 60.8 Å². The van der Waals surface area contributed by atoms with Gasteiger partial charge in [-0.15, -0.1) is 11.3 Å². The van der Waals surface area contributed by atoms with Crippen molar-refractivity contribution in [2.24, 2.45) is 0 Å². The van der Waals surface area contributed by atoms with Crippen LogP contribution in [0.2, 0.25) is 5.02 Å². The van der Waals surface area contributed by atoms with Gasteiger partial charge < -0.3 is 5.11 Å². The molecule has 0 fully saturated rings. The minimum Gasteiger partial charge on any atom is -0.387 e. The highest BCUT2D eigenvalue weighted by Crippen LogP contribution is 2.34. The zero-order valence-corrected chi connectivity index (χ0v) is 11.7. The van der Waals surface area contributed by atoms with Crippen LogP contribution in [0.25, 0.3) is 0 Å². The van der Waals surface area contributed by atoms with E-state index < -0.39 is 11.0 Å². The van der Waals surface area contributed by atoms with Crippen LogP contribution in [0.1, 0.15) is 22.1 Å². The number of nitro benzene ring substituents is 1. The fourth-order valence-electron chi connectivity index (χ4n) is 1.74. The van der Waals surface area contributed by atoms with Crippen molar-refractivity contribution in [1.82, 2.24) is 0 Å². The summed E-state index contributed by atoms with van der Waals surface area (Å²) in [6.45, 7) is 1.89. The Labute approximate surface area is 119 Å². The second-order valence-electron chi connectivity index (χ2n) is 4.24. The van der Waals surface area contributed by atoms with Gasteiger partial charge in [-0.3, -0.25) is 10.1 Å².